The molecule has 3 rings (SSSR count). The van der Waals surface area contributed by atoms with E-state index in [9.17, 15) is 9.59 Å². The lowest BCUT2D eigenvalue weighted by atomic mass is 10.0. The number of rotatable bonds is 7. The van der Waals surface area contributed by atoms with Crippen LogP contribution in [0, 0.1) is 12.8 Å². The lowest BCUT2D eigenvalue weighted by Gasteiger charge is -2.32. The number of para-hydroxylation sites is 2. The van der Waals surface area contributed by atoms with E-state index >= 15 is 0 Å². The fraction of sp³-hybridized carbons (Fsp3) is 0.500. The second kappa shape index (κ2) is 9.83. The Morgan fingerprint density at radius 1 is 1.20 bits per heavy atom. The molecule has 2 heterocycles. The van der Waals surface area contributed by atoms with Gasteiger partial charge in [-0.1, -0.05) is 26.0 Å². The number of piperidine rings is 1. The van der Waals surface area contributed by atoms with Crippen molar-refractivity contribution in [2.45, 2.75) is 52.6 Å². The van der Waals surface area contributed by atoms with Gasteiger partial charge in [-0.25, -0.2) is 4.79 Å². The number of nitrogens with zero attached hydrogens (tertiary/aromatic N) is 1. The summed E-state index contributed by atoms with van der Waals surface area (Å²) < 4.78 is 16.8. The van der Waals surface area contributed by atoms with Gasteiger partial charge in [0.2, 0.25) is 0 Å². The van der Waals surface area contributed by atoms with Gasteiger partial charge in [0.15, 0.2) is 11.5 Å². The van der Waals surface area contributed by atoms with E-state index in [4.69, 9.17) is 13.9 Å². The lowest BCUT2D eigenvalue weighted by Crippen LogP contribution is -2.43. The van der Waals surface area contributed by atoms with E-state index in [2.05, 4.69) is 13.8 Å². The van der Waals surface area contributed by atoms with Crippen molar-refractivity contribution in [3.63, 3.8) is 0 Å². The molecule has 0 bridgehead atoms. The molecule has 6 nitrogen and oxygen atoms in total. The molecule has 0 unspecified atom stereocenters. The van der Waals surface area contributed by atoms with Crippen LogP contribution in [-0.4, -0.2) is 37.1 Å². The van der Waals surface area contributed by atoms with Crippen LogP contribution in [0.1, 0.15) is 54.8 Å². The Kier molecular flexibility index (Phi) is 7.19. The average molecular weight is 414 g/mol. The maximum Gasteiger partial charge on any atom is 0.349 e. The zero-order valence-electron chi connectivity index (χ0n) is 18.3. The number of ether oxygens (including phenoxy) is 2. The van der Waals surface area contributed by atoms with E-state index < -0.39 is 5.63 Å². The molecule has 1 saturated heterocycles. The third kappa shape index (κ3) is 5.23. The molecule has 1 aromatic heterocycles. The van der Waals surface area contributed by atoms with Gasteiger partial charge < -0.3 is 18.8 Å². The van der Waals surface area contributed by atoms with Gasteiger partial charge >= 0.3 is 5.63 Å². The highest BCUT2D eigenvalue weighted by Crippen LogP contribution is 2.29. The van der Waals surface area contributed by atoms with E-state index in [0.29, 0.717) is 61.1 Å². The van der Waals surface area contributed by atoms with Crippen molar-refractivity contribution < 1.29 is 18.7 Å². The topological polar surface area (TPSA) is 69.0 Å². The molecule has 0 atom stereocenters. The van der Waals surface area contributed by atoms with Crippen molar-refractivity contribution in [2.75, 3.05) is 20.2 Å². The Morgan fingerprint density at radius 2 is 1.87 bits per heavy atom. The number of aryl methyl sites for hydroxylation is 2. The summed E-state index contributed by atoms with van der Waals surface area (Å²) in [5, 5.41) is 0. The van der Waals surface area contributed by atoms with Gasteiger partial charge in [-0.3, -0.25) is 4.79 Å². The number of hydrogen-bond donors (Lipinski definition) is 0. The summed E-state index contributed by atoms with van der Waals surface area (Å²) in [6.07, 6.45) is 3.03. The normalized spacial score (nSPS) is 14.8. The number of benzene rings is 1. The van der Waals surface area contributed by atoms with Crippen molar-refractivity contribution in [3.8, 4) is 11.5 Å². The lowest BCUT2D eigenvalue weighted by molar-refractivity contribution is 0.0585. The fourth-order valence-corrected chi connectivity index (χ4v) is 3.71. The molecule has 1 amide bonds. The molecule has 0 N–H and O–H groups in total. The predicted octanol–water partition coefficient (Wildman–Crippen LogP) is 4.23. The van der Waals surface area contributed by atoms with Crippen LogP contribution in [0.25, 0.3) is 0 Å². The number of likely N-dealkylation sites (tertiary alicyclic amines) is 1. The first kappa shape index (κ1) is 21.9. The van der Waals surface area contributed by atoms with Gasteiger partial charge in [0.25, 0.3) is 5.91 Å². The van der Waals surface area contributed by atoms with Crippen LogP contribution in [0.3, 0.4) is 0 Å². The average Bonchev–Trinajstić information content (AvgIpc) is 2.72. The predicted molar refractivity (Wildman–Crippen MR) is 115 cm³/mol. The number of carbonyl (C=O) groups excluding carboxylic acids is 1. The molecule has 0 radical (unpaired) electrons. The van der Waals surface area contributed by atoms with Crippen molar-refractivity contribution in [3.05, 3.63) is 57.6 Å². The van der Waals surface area contributed by atoms with E-state index in [1.54, 1.807) is 18.9 Å². The first-order valence-electron chi connectivity index (χ1n) is 10.6. The first-order chi connectivity index (χ1) is 14.4. The van der Waals surface area contributed by atoms with E-state index in [1.165, 1.54) is 0 Å². The highest BCUT2D eigenvalue weighted by Gasteiger charge is 2.28. The van der Waals surface area contributed by atoms with E-state index in [0.717, 1.165) is 6.42 Å². The van der Waals surface area contributed by atoms with Crippen LogP contribution >= 0.6 is 0 Å². The van der Waals surface area contributed by atoms with Gasteiger partial charge in [0.05, 0.1) is 7.11 Å². The molecule has 6 heteroatoms. The summed E-state index contributed by atoms with van der Waals surface area (Å²) >= 11 is 0. The van der Waals surface area contributed by atoms with Crippen LogP contribution in [0.5, 0.6) is 11.5 Å². The van der Waals surface area contributed by atoms with Crippen molar-refractivity contribution in [1.29, 1.82) is 0 Å². The minimum atomic E-state index is -0.536. The second-order valence-electron chi connectivity index (χ2n) is 8.25. The van der Waals surface area contributed by atoms with Gasteiger partial charge in [0.1, 0.15) is 17.4 Å². The number of methoxy groups -OCH3 is 1. The Hall–Kier alpha value is -2.76. The highest BCUT2D eigenvalue weighted by molar-refractivity contribution is 5.95. The Morgan fingerprint density at radius 3 is 2.47 bits per heavy atom. The third-order valence-corrected chi connectivity index (χ3v) is 5.47. The van der Waals surface area contributed by atoms with E-state index in [-0.39, 0.29) is 17.6 Å². The van der Waals surface area contributed by atoms with E-state index in [1.807, 2.05) is 30.3 Å². The molecule has 1 aliphatic heterocycles. The molecule has 2 aromatic rings. The molecular formula is C24H31NO5. The van der Waals surface area contributed by atoms with Gasteiger partial charge in [-0.15, -0.1) is 0 Å². The Labute approximate surface area is 177 Å². The first-order valence-corrected chi connectivity index (χ1v) is 10.6. The van der Waals surface area contributed by atoms with Crippen molar-refractivity contribution in [2.24, 2.45) is 5.92 Å². The Balaban J connectivity index is 1.63. The second-order valence-corrected chi connectivity index (χ2v) is 8.25. The fourth-order valence-electron chi connectivity index (χ4n) is 3.71. The van der Waals surface area contributed by atoms with Crippen LogP contribution in [-0.2, 0) is 6.42 Å². The maximum atomic E-state index is 13.0. The monoisotopic (exact) mass is 413 g/mol. The molecule has 1 aromatic carbocycles. The summed E-state index contributed by atoms with van der Waals surface area (Å²) in [6.45, 7) is 7.13. The summed E-state index contributed by atoms with van der Waals surface area (Å²) in [5.41, 5.74) is 0.293. The summed E-state index contributed by atoms with van der Waals surface area (Å²) in [7, 11) is 1.62. The number of hydrogen-bond acceptors (Lipinski definition) is 5. The Bertz CT molecular complexity index is 925. The quantitative estimate of drug-likeness (QED) is 0.679. The third-order valence-electron chi connectivity index (χ3n) is 5.47. The van der Waals surface area contributed by atoms with Crippen molar-refractivity contribution in [1.82, 2.24) is 4.90 Å². The minimum Gasteiger partial charge on any atom is -0.493 e. The highest BCUT2D eigenvalue weighted by atomic mass is 16.5. The summed E-state index contributed by atoms with van der Waals surface area (Å²) in [5.74, 6) is 2.32. The summed E-state index contributed by atoms with van der Waals surface area (Å²) in [6, 6.07) is 9.37. The summed E-state index contributed by atoms with van der Waals surface area (Å²) in [4.78, 5) is 27.2. The van der Waals surface area contributed by atoms with Crippen molar-refractivity contribution >= 4 is 5.91 Å². The van der Waals surface area contributed by atoms with Crippen LogP contribution in [0.15, 0.2) is 39.5 Å². The zero-order valence-corrected chi connectivity index (χ0v) is 18.3. The molecule has 0 saturated carbocycles. The van der Waals surface area contributed by atoms with Crippen LogP contribution in [0.2, 0.25) is 0 Å². The van der Waals surface area contributed by atoms with Gasteiger partial charge in [-0.05, 0) is 43.0 Å². The van der Waals surface area contributed by atoms with Crippen LogP contribution in [0.4, 0.5) is 0 Å². The van der Waals surface area contributed by atoms with Crippen LogP contribution < -0.4 is 15.1 Å². The maximum absolute atomic E-state index is 13.0. The van der Waals surface area contributed by atoms with Gasteiger partial charge in [0, 0.05) is 32.4 Å². The molecule has 1 aliphatic rings. The number of amides is 1. The molecule has 30 heavy (non-hydrogen) atoms. The smallest absolute Gasteiger partial charge is 0.349 e. The number of carbonyl (C=O) groups is 1. The van der Waals surface area contributed by atoms with Gasteiger partial charge in [-0.2, -0.15) is 0 Å². The molecule has 1 fully saturated rings. The largest absolute Gasteiger partial charge is 0.493 e. The molecule has 0 aliphatic carbocycles. The standard InChI is InChI=1S/C24H31NO5/c1-16(2)9-10-19-15-17(3)22(24(27)30-19)23(26)25-13-11-18(12-14-25)29-21-8-6-5-7-20(21)28-4/h5-8,15-16,18H,9-14H2,1-4H3. The molecular weight excluding hydrogens is 382 g/mol. The zero-order chi connectivity index (χ0) is 21.7. The SMILES string of the molecule is COc1ccccc1OC1CCN(C(=O)c2c(C)cc(CCC(C)C)oc2=O)CC1. The minimum absolute atomic E-state index is 0.00117. The molecule has 0 spiro atoms. The molecule has 162 valence electrons.